The first kappa shape index (κ1) is 17.5. The van der Waals surface area contributed by atoms with Gasteiger partial charge in [-0.25, -0.2) is 0 Å². The van der Waals surface area contributed by atoms with Crippen LogP contribution in [-0.4, -0.2) is 23.7 Å². The number of hydrogen-bond donors (Lipinski definition) is 2. The van der Waals surface area contributed by atoms with Crippen LogP contribution in [0.25, 0.3) is 0 Å². The van der Waals surface area contributed by atoms with Crippen molar-refractivity contribution in [1.29, 1.82) is 0 Å². The van der Waals surface area contributed by atoms with E-state index in [2.05, 4.69) is 5.32 Å². The molecule has 1 atom stereocenters. The summed E-state index contributed by atoms with van der Waals surface area (Å²) in [5.74, 6) is 0.586. The average molecular weight is 333 g/mol. The summed E-state index contributed by atoms with van der Waals surface area (Å²) in [7, 11) is 0. The Morgan fingerprint density at radius 2 is 2.09 bits per heavy atom. The Hall–Kier alpha value is -1.85. The van der Waals surface area contributed by atoms with E-state index in [1.807, 2.05) is 54.9 Å². The molecule has 0 saturated heterocycles. The first-order valence-electron chi connectivity index (χ1n) is 7.65. The molecule has 5 heteroatoms. The van der Waals surface area contributed by atoms with Crippen molar-refractivity contribution in [3.8, 4) is 5.75 Å². The highest BCUT2D eigenvalue weighted by Crippen LogP contribution is 2.23. The standard InChI is InChI=1S/C18H23NO3S/c1-13(2)22-16-7-5-4-6-14(16)10-17(20)19-12-18(3,21)15-8-9-23-11-15/h4-9,11,13,21H,10,12H2,1-3H3,(H,19,20). The summed E-state index contributed by atoms with van der Waals surface area (Å²) in [6, 6.07) is 9.39. The Balaban J connectivity index is 1.95. The second-order valence-corrected chi connectivity index (χ2v) is 6.79. The SMILES string of the molecule is CC(C)Oc1ccccc1CC(=O)NCC(C)(O)c1ccsc1. The third-order valence-electron chi connectivity index (χ3n) is 3.46. The summed E-state index contributed by atoms with van der Waals surface area (Å²) in [5.41, 5.74) is 0.587. The zero-order chi connectivity index (χ0) is 16.9. The Bertz CT molecular complexity index is 635. The summed E-state index contributed by atoms with van der Waals surface area (Å²) in [6.45, 7) is 5.78. The van der Waals surface area contributed by atoms with Gasteiger partial charge in [0.15, 0.2) is 0 Å². The van der Waals surface area contributed by atoms with Gasteiger partial charge in [-0.3, -0.25) is 4.79 Å². The predicted molar refractivity (Wildman–Crippen MR) is 92.8 cm³/mol. The quantitative estimate of drug-likeness (QED) is 0.818. The zero-order valence-corrected chi connectivity index (χ0v) is 14.5. The summed E-state index contributed by atoms with van der Waals surface area (Å²) in [6.07, 6.45) is 0.279. The number of rotatable bonds is 7. The summed E-state index contributed by atoms with van der Waals surface area (Å²) >= 11 is 1.52. The number of thiophene rings is 1. The predicted octanol–water partition coefficient (Wildman–Crippen LogP) is 3.10. The normalized spacial score (nSPS) is 13.6. The van der Waals surface area contributed by atoms with E-state index in [9.17, 15) is 9.90 Å². The molecule has 0 fully saturated rings. The molecule has 4 nitrogen and oxygen atoms in total. The minimum Gasteiger partial charge on any atom is -0.491 e. The van der Waals surface area contributed by atoms with E-state index in [1.54, 1.807) is 6.92 Å². The molecule has 0 saturated carbocycles. The fraction of sp³-hybridized carbons (Fsp3) is 0.389. The van der Waals surface area contributed by atoms with Crippen molar-refractivity contribution in [2.45, 2.75) is 38.9 Å². The van der Waals surface area contributed by atoms with Crippen molar-refractivity contribution in [2.75, 3.05) is 6.54 Å². The van der Waals surface area contributed by atoms with Gasteiger partial charge >= 0.3 is 0 Å². The number of amides is 1. The van der Waals surface area contributed by atoms with Crippen molar-refractivity contribution >= 4 is 17.2 Å². The van der Waals surface area contributed by atoms with Crippen LogP contribution in [0.5, 0.6) is 5.75 Å². The van der Waals surface area contributed by atoms with Gasteiger partial charge in [0.25, 0.3) is 0 Å². The minimum atomic E-state index is -1.07. The van der Waals surface area contributed by atoms with Crippen molar-refractivity contribution in [2.24, 2.45) is 0 Å². The van der Waals surface area contributed by atoms with E-state index in [0.717, 1.165) is 16.9 Å². The zero-order valence-electron chi connectivity index (χ0n) is 13.7. The maximum Gasteiger partial charge on any atom is 0.224 e. The number of carbonyl (C=O) groups excluding carboxylic acids is 1. The third kappa shape index (κ3) is 5.08. The molecule has 2 aromatic rings. The van der Waals surface area contributed by atoms with Gasteiger partial charge in [0, 0.05) is 5.56 Å². The number of para-hydroxylation sites is 1. The Morgan fingerprint density at radius 3 is 2.74 bits per heavy atom. The van der Waals surface area contributed by atoms with Gasteiger partial charge in [-0.15, -0.1) is 0 Å². The summed E-state index contributed by atoms with van der Waals surface area (Å²) in [4.78, 5) is 12.2. The van der Waals surface area contributed by atoms with Gasteiger partial charge in [-0.05, 0) is 49.2 Å². The molecule has 0 aliphatic rings. The number of ether oxygens (including phenoxy) is 1. The van der Waals surface area contributed by atoms with E-state index >= 15 is 0 Å². The maximum absolute atomic E-state index is 12.2. The van der Waals surface area contributed by atoms with Gasteiger partial charge in [0.05, 0.1) is 19.1 Å². The molecule has 1 unspecified atom stereocenters. The summed E-state index contributed by atoms with van der Waals surface area (Å²) in [5, 5.41) is 17.0. The molecule has 1 amide bonds. The number of aliphatic hydroxyl groups is 1. The molecule has 124 valence electrons. The lowest BCUT2D eigenvalue weighted by molar-refractivity contribution is -0.121. The van der Waals surface area contributed by atoms with Crippen LogP contribution >= 0.6 is 11.3 Å². The lowest BCUT2D eigenvalue weighted by Gasteiger charge is -2.23. The highest BCUT2D eigenvalue weighted by atomic mass is 32.1. The first-order valence-corrected chi connectivity index (χ1v) is 8.59. The van der Waals surface area contributed by atoms with E-state index in [1.165, 1.54) is 11.3 Å². The van der Waals surface area contributed by atoms with Crippen molar-refractivity contribution in [3.05, 3.63) is 52.2 Å². The third-order valence-corrected chi connectivity index (χ3v) is 4.14. The molecule has 2 rings (SSSR count). The smallest absolute Gasteiger partial charge is 0.224 e. The second kappa shape index (κ2) is 7.62. The highest BCUT2D eigenvalue weighted by molar-refractivity contribution is 7.08. The lowest BCUT2D eigenvalue weighted by atomic mass is 9.99. The molecule has 0 bridgehead atoms. The fourth-order valence-electron chi connectivity index (χ4n) is 2.20. The molecule has 0 radical (unpaired) electrons. The number of benzene rings is 1. The van der Waals surface area contributed by atoms with Crippen LogP contribution in [0.2, 0.25) is 0 Å². The molecule has 23 heavy (non-hydrogen) atoms. The number of hydrogen-bond acceptors (Lipinski definition) is 4. The van der Waals surface area contributed by atoms with Crippen LogP contribution in [-0.2, 0) is 16.8 Å². The first-order chi connectivity index (χ1) is 10.9. The van der Waals surface area contributed by atoms with Crippen LogP contribution in [0, 0.1) is 0 Å². The molecule has 1 heterocycles. The molecule has 0 aliphatic carbocycles. The van der Waals surface area contributed by atoms with Gasteiger partial charge in [-0.2, -0.15) is 11.3 Å². The number of nitrogens with one attached hydrogen (secondary N) is 1. The Labute approximate surface area is 141 Å². The Morgan fingerprint density at radius 1 is 1.35 bits per heavy atom. The molecule has 1 aromatic heterocycles. The molecular formula is C18H23NO3S. The molecule has 2 N–H and O–H groups in total. The van der Waals surface area contributed by atoms with Gasteiger partial charge in [0.2, 0.25) is 5.91 Å². The number of carbonyl (C=O) groups is 1. The maximum atomic E-state index is 12.2. The van der Waals surface area contributed by atoms with E-state index in [-0.39, 0.29) is 25.0 Å². The van der Waals surface area contributed by atoms with Crippen molar-refractivity contribution in [1.82, 2.24) is 5.32 Å². The topological polar surface area (TPSA) is 58.6 Å². The van der Waals surface area contributed by atoms with Gasteiger partial charge in [-0.1, -0.05) is 18.2 Å². The fourth-order valence-corrected chi connectivity index (χ4v) is 2.98. The van der Waals surface area contributed by atoms with E-state index in [4.69, 9.17) is 4.74 Å². The van der Waals surface area contributed by atoms with Crippen molar-refractivity contribution in [3.63, 3.8) is 0 Å². The molecule has 1 aromatic carbocycles. The second-order valence-electron chi connectivity index (χ2n) is 6.01. The minimum absolute atomic E-state index is 0.0542. The molecule has 0 aliphatic heterocycles. The molecule has 0 spiro atoms. The molecular weight excluding hydrogens is 310 g/mol. The lowest BCUT2D eigenvalue weighted by Crippen LogP contribution is -2.39. The van der Waals surface area contributed by atoms with Crippen LogP contribution in [0.3, 0.4) is 0 Å². The van der Waals surface area contributed by atoms with Gasteiger partial charge in [0.1, 0.15) is 11.4 Å². The van der Waals surface area contributed by atoms with Crippen LogP contribution in [0.15, 0.2) is 41.1 Å². The van der Waals surface area contributed by atoms with Crippen LogP contribution in [0.1, 0.15) is 31.9 Å². The van der Waals surface area contributed by atoms with Crippen LogP contribution in [0.4, 0.5) is 0 Å². The highest BCUT2D eigenvalue weighted by Gasteiger charge is 2.24. The van der Waals surface area contributed by atoms with E-state index in [0.29, 0.717) is 0 Å². The largest absolute Gasteiger partial charge is 0.491 e. The Kier molecular flexibility index (Phi) is 5.80. The average Bonchev–Trinajstić information content (AvgIpc) is 3.02. The van der Waals surface area contributed by atoms with E-state index < -0.39 is 5.60 Å². The van der Waals surface area contributed by atoms with Crippen molar-refractivity contribution < 1.29 is 14.6 Å². The summed E-state index contributed by atoms with van der Waals surface area (Å²) < 4.78 is 5.72. The van der Waals surface area contributed by atoms with Crippen LogP contribution < -0.4 is 10.1 Å². The monoisotopic (exact) mass is 333 g/mol. The van der Waals surface area contributed by atoms with Gasteiger partial charge < -0.3 is 15.2 Å².